The van der Waals surface area contributed by atoms with Crippen molar-refractivity contribution in [2.24, 2.45) is 0 Å². The molecule has 0 aromatic heterocycles. The van der Waals surface area contributed by atoms with Crippen molar-refractivity contribution < 1.29 is 39.8 Å². The number of rotatable bonds is 55. The van der Waals surface area contributed by atoms with Gasteiger partial charge in [0.1, 0.15) is 24.4 Å². The molecule has 7 atom stereocenters. The van der Waals surface area contributed by atoms with Crippen LogP contribution in [0.1, 0.15) is 309 Å². The minimum atomic E-state index is -1.57. The van der Waals surface area contributed by atoms with Crippen LogP contribution in [0.3, 0.4) is 0 Å². The van der Waals surface area contributed by atoms with Gasteiger partial charge in [-0.1, -0.05) is 294 Å². The average molecular weight is 1030 g/mol. The first-order valence-corrected chi connectivity index (χ1v) is 31.7. The molecule has 6 N–H and O–H groups in total. The second-order valence-corrected chi connectivity index (χ2v) is 22.2. The summed E-state index contributed by atoms with van der Waals surface area (Å²) in [5, 5.41) is 54.6. The summed E-state index contributed by atoms with van der Waals surface area (Å²) in [6.07, 6.45) is 63.8. The van der Waals surface area contributed by atoms with E-state index in [1.165, 1.54) is 244 Å². The van der Waals surface area contributed by atoms with E-state index in [4.69, 9.17) is 9.47 Å². The molecule has 0 saturated carbocycles. The number of allylic oxidation sites excluding steroid dienone is 5. The Labute approximate surface area is 451 Å². The zero-order valence-electron chi connectivity index (χ0n) is 47.9. The number of unbranched alkanes of at least 4 members (excludes halogenated alkanes) is 41. The topological polar surface area (TPSA) is 149 Å². The monoisotopic (exact) mass is 1030 g/mol. The normalized spacial score (nSPS) is 19.2. The Balaban J connectivity index is 2.18. The Hall–Kier alpha value is -1.59. The van der Waals surface area contributed by atoms with E-state index in [1.807, 2.05) is 6.08 Å². The van der Waals surface area contributed by atoms with Gasteiger partial charge in [-0.05, 0) is 44.9 Å². The molecule has 1 amide bonds. The van der Waals surface area contributed by atoms with Crippen LogP contribution in [0.5, 0.6) is 0 Å². The number of ether oxygens (including phenoxy) is 2. The largest absolute Gasteiger partial charge is 0.394 e. The molecule has 0 aromatic rings. The number of aliphatic hydroxyl groups is 5. The highest BCUT2D eigenvalue weighted by Gasteiger charge is 2.44. The van der Waals surface area contributed by atoms with Crippen molar-refractivity contribution in [1.29, 1.82) is 0 Å². The molecule has 1 aliphatic rings. The summed E-state index contributed by atoms with van der Waals surface area (Å²) < 4.78 is 11.3. The number of carbonyl (C=O) groups is 1. The van der Waals surface area contributed by atoms with Crippen LogP contribution < -0.4 is 5.32 Å². The number of carbonyl (C=O) groups excluding carboxylic acids is 1. The number of aliphatic hydroxyl groups excluding tert-OH is 5. The average Bonchev–Trinajstić information content (AvgIpc) is 3.39. The van der Waals surface area contributed by atoms with Crippen LogP contribution in [0.25, 0.3) is 0 Å². The summed E-state index contributed by atoms with van der Waals surface area (Å²) in [5.74, 6) is -0.185. The van der Waals surface area contributed by atoms with E-state index in [9.17, 15) is 30.3 Å². The third kappa shape index (κ3) is 43.1. The lowest BCUT2D eigenvalue weighted by Crippen LogP contribution is -2.60. The first kappa shape index (κ1) is 69.4. The van der Waals surface area contributed by atoms with Gasteiger partial charge in [0.2, 0.25) is 5.91 Å². The highest BCUT2D eigenvalue weighted by atomic mass is 16.7. The maximum Gasteiger partial charge on any atom is 0.220 e. The summed E-state index contributed by atoms with van der Waals surface area (Å²) in [5.41, 5.74) is 0. The van der Waals surface area contributed by atoms with E-state index in [0.717, 1.165) is 44.9 Å². The number of nitrogens with one attached hydrogen (secondary N) is 1. The maximum absolute atomic E-state index is 13.1. The molecule has 0 bridgehead atoms. The van der Waals surface area contributed by atoms with E-state index >= 15 is 0 Å². The highest BCUT2D eigenvalue weighted by Crippen LogP contribution is 2.23. The van der Waals surface area contributed by atoms with Crippen LogP contribution in [-0.2, 0) is 14.3 Å². The Kier molecular flexibility index (Phi) is 51.2. The fraction of sp³-hybridized carbons (Fsp3) is 0.891. The minimum Gasteiger partial charge on any atom is -0.394 e. The lowest BCUT2D eigenvalue weighted by atomic mass is 9.99. The van der Waals surface area contributed by atoms with Crippen molar-refractivity contribution >= 4 is 5.91 Å². The Morgan fingerprint density at radius 3 is 1.15 bits per heavy atom. The van der Waals surface area contributed by atoms with Crippen molar-refractivity contribution in [3.8, 4) is 0 Å². The van der Waals surface area contributed by atoms with Gasteiger partial charge in [0.25, 0.3) is 0 Å². The molecule has 1 heterocycles. The van der Waals surface area contributed by atoms with Crippen LogP contribution >= 0.6 is 0 Å². The molecular formula is C64H121NO8. The van der Waals surface area contributed by atoms with Gasteiger partial charge in [-0.25, -0.2) is 0 Å². The van der Waals surface area contributed by atoms with Crippen LogP contribution in [0.2, 0.25) is 0 Å². The summed E-state index contributed by atoms with van der Waals surface area (Å²) in [7, 11) is 0. The van der Waals surface area contributed by atoms with E-state index in [2.05, 4.69) is 43.5 Å². The molecule has 7 unspecified atom stereocenters. The fourth-order valence-electron chi connectivity index (χ4n) is 10.2. The second kappa shape index (κ2) is 53.8. The van der Waals surface area contributed by atoms with Gasteiger partial charge < -0.3 is 40.3 Å². The van der Waals surface area contributed by atoms with Crippen molar-refractivity contribution in [3.05, 3.63) is 36.5 Å². The van der Waals surface area contributed by atoms with Crippen LogP contribution in [-0.4, -0.2) is 87.5 Å². The number of hydrogen-bond donors (Lipinski definition) is 6. The Bertz CT molecular complexity index is 1240. The molecule has 430 valence electrons. The summed E-state index contributed by atoms with van der Waals surface area (Å²) in [6, 6.07) is -0.827. The zero-order chi connectivity index (χ0) is 52.9. The number of amides is 1. The van der Waals surface area contributed by atoms with Gasteiger partial charge in [0.15, 0.2) is 6.29 Å². The standard InChI is InChI=1S/C64H121NO8/c1-3-5-7-9-11-13-15-17-19-21-23-25-26-27-28-29-30-31-32-34-36-38-40-42-44-46-48-50-52-54-60(68)65-57(56-72-64-63(71)62(70)61(69)59(55-66)73-64)58(67)53-51-49-47-45-43-41-39-37-35-33-24-22-20-18-16-14-12-10-8-6-4-2/h35,37,43,45,51,53,57-59,61-64,66-67,69-71H,3-34,36,38-42,44,46-50,52,54-56H2,1-2H3,(H,65,68)/b37-35+,45-43+,53-51+. The predicted molar refractivity (Wildman–Crippen MR) is 309 cm³/mol. The molecule has 9 heteroatoms. The van der Waals surface area contributed by atoms with Crippen molar-refractivity contribution in [3.63, 3.8) is 0 Å². The molecule has 1 fully saturated rings. The fourth-order valence-corrected chi connectivity index (χ4v) is 10.2. The molecule has 0 aliphatic carbocycles. The molecular weight excluding hydrogens is 911 g/mol. The summed E-state index contributed by atoms with van der Waals surface area (Å²) in [6.45, 7) is 3.80. The lowest BCUT2D eigenvalue weighted by Gasteiger charge is -2.40. The first-order valence-electron chi connectivity index (χ1n) is 31.7. The summed E-state index contributed by atoms with van der Waals surface area (Å²) in [4.78, 5) is 13.1. The number of hydrogen-bond acceptors (Lipinski definition) is 8. The second-order valence-electron chi connectivity index (χ2n) is 22.2. The lowest BCUT2D eigenvalue weighted by molar-refractivity contribution is -0.302. The van der Waals surface area contributed by atoms with Gasteiger partial charge in [-0.3, -0.25) is 4.79 Å². The minimum absolute atomic E-state index is 0.185. The van der Waals surface area contributed by atoms with Gasteiger partial charge >= 0.3 is 0 Å². The van der Waals surface area contributed by atoms with Crippen LogP contribution in [0.15, 0.2) is 36.5 Å². The molecule has 1 aliphatic heterocycles. The van der Waals surface area contributed by atoms with Gasteiger partial charge in [0, 0.05) is 6.42 Å². The smallest absolute Gasteiger partial charge is 0.220 e. The van der Waals surface area contributed by atoms with Crippen molar-refractivity contribution in [2.75, 3.05) is 13.2 Å². The third-order valence-corrected chi connectivity index (χ3v) is 15.2. The van der Waals surface area contributed by atoms with E-state index < -0.39 is 49.5 Å². The van der Waals surface area contributed by atoms with Crippen molar-refractivity contribution in [2.45, 2.75) is 352 Å². The van der Waals surface area contributed by atoms with Gasteiger partial charge in [0.05, 0.1) is 25.4 Å². The quantitative estimate of drug-likeness (QED) is 0.0261. The van der Waals surface area contributed by atoms with Crippen LogP contribution in [0.4, 0.5) is 0 Å². The van der Waals surface area contributed by atoms with Crippen molar-refractivity contribution in [1.82, 2.24) is 5.32 Å². The highest BCUT2D eigenvalue weighted by molar-refractivity contribution is 5.76. The zero-order valence-corrected chi connectivity index (χ0v) is 47.9. The molecule has 1 rings (SSSR count). The molecule has 0 radical (unpaired) electrons. The first-order chi connectivity index (χ1) is 35.8. The third-order valence-electron chi connectivity index (χ3n) is 15.2. The summed E-state index contributed by atoms with van der Waals surface area (Å²) >= 11 is 0. The van der Waals surface area contributed by atoms with E-state index in [-0.39, 0.29) is 12.5 Å². The van der Waals surface area contributed by atoms with E-state index in [0.29, 0.717) is 6.42 Å². The Morgan fingerprint density at radius 1 is 0.452 bits per heavy atom. The predicted octanol–water partition coefficient (Wildman–Crippen LogP) is 16.3. The van der Waals surface area contributed by atoms with Gasteiger partial charge in [-0.2, -0.15) is 0 Å². The molecule has 1 saturated heterocycles. The van der Waals surface area contributed by atoms with E-state index in [1.54, 1.807) is 6.08 Å². The maximum atomic E-state index is 13.1. The molecule has 0 spiro atoms. The Morgan fingerprint density at radius 2 is 0.781 bits per heavy atom. The SMILES string of the molecule is CCCCCCCCCCCCC/C=C/CC/C=C/CC/C=C/C(O)C(COC1OC(CO)C(O)C(O)C1O)NC(=O)CCCCCCCCCCCCCCCCCCCCCCCCCCCCCCC. The molecule has 73 heavy (non-hydrogen) atoms. The van der Waals surface area contributed by atoms with Gasteiger partial charge in [-0.15, -0.1) is 0 Å². The van der Waals surface area contributed by atoms with Crippen LogP contribution in [0, 0.1) is 0 Å². The molecule has 0 aromatic carbocycles. The molecule has 9 nitrogen and oxygen atoms in total.